The van der Waals surface area contributed by atoms with Gasteiger partial charge in [-0.1, -0.05) is 24.3 Å². The van der Waals surface area contributed by atoms with Crippen LogP contribution < -0.4 is 10.1 Å². The Bertz CT molecular complexity index is 569. The number of rotatable bonds is 3. The summed E-state index contributed by atoms with van der Waals surface area (Å²) >= 11 is 0. The average molecular weight is 245 g/mol. The summed E-state index contributed by atoms with van der Waals surface area (Å²) in [6.45, 7) is 0. The number of carbonyl (C=O) groups excluding carboxylic acids is 1. The molecule has 2 rings (SSSR count). The van der Waals surface area contributed by atoms with Gasteiger partial charge < -0.3 is 10.1 Å². The first-order chi connectivity index (χ1) is 8.72. The van der Waals surface area contributed by atoms with Gasteiger partial charge in [-0.15, -0.1) is 0 Å². The third kappa shape index (κ3) is 2.48. The summed E-state index contributed by atoms with van der Waals surface area (Å²) in [6, 6.07) is 12.8. The van der Waals surface area contributed by atoms with Gasteiger partial charge in [0.2, 0.25) is 0 Å². The van der Waals surface area contributed by atoms with Gasteiger partial charge in [0, 0.05) is 0 Å². The summed E-state index contributed by atoms with van der Waals surface area (Å²) in [5.41, 5.74) is 0.511. The Hall–Kier alpha value is -2.36. The molecule has 4 heteroatoms. The van der Waals surface area contributed by atoms with Crippen LogP contribution in [-0.4, -0.2) is 13.0 Å². The minimum Gasteiger partial charge on any atom is -0.495 e. The van der Waals surface area contributed by atoms with E-state index >= 15 is 0 Å². The Morgan fingerprint density at radius 2 is 1.78 bits per heavy atom. The molecule has 92 valence electrons. The highest BCUT2D eigenvalue weighted by Gasteiger charge is 2.12. The van der Waals surface area contributed by atoms with Crippen LogP contribution >= 0.6 is 0 Å². The molecule has 0 heterocycles. The second-order valence-electron chi connectivity index (χ2n) is 3.63. The summed E-state index contributed by atoms with van der Waals surface area (Å²) in [4.78, 5) is 11.9. The summed E-state index contributed by atoms with van der Waals surface area (Å²) in [6.07, 6.45) is 0. The minimum atomic E-state index is -0.551. The van der Waals surface area contributed by atoms with Crippen LogP contribution in [0.4, 0.5) is 10.1 Å². The molecular weight excluding hydrogens is 233 g/mol. The highest BCUT2D eigenvalue weighted by atomic mass is 19.1. The van der Waals surface area contributed by atoms with E-state index < -0.39 is 11.7 Å². The molecular formula is C14H12FNO2. The zero-order valence-electron chi connectivity index (χ0n) is 9.81. The van der Waals surface area contributed by atoms with Gasteiger partial charge in [-0.3, -0.25) is 4.79 Å². The van der Waals surface area contributed by atoms with E-state index in [2.05, 4.69) is 5.32 Å². The van der Waals surface area contributed by atoms with E-state index in [1.165, 1.54) is 25.3 Å². The predicted octanol–water partition coefficient (Wildman–Crippen LogP) is 3.09. The predicted molar refractivity (Wildman–Crippen MR) is 67.3 cm³/mol. The van der Waals surface area contributed by atoms with Crippen molar-refractivity contribution in [2.24, 2.45) is 0 Å². The molecule has 0 aliphatic rings. The van der Waals surface area contributed by atoms with Crippen LogP contribution in [0.15, 0.2) is 48.5 Å². The zero-order valence-corrected chi connectivity index (χ0v) is 9.81. The van der Waals surface area contributed by atoms with Crippen molar-refractivity contribution in [3.8, 4) is 5.75 Å². The number of halogens is 1. The number of methoxy groups -OCH3 is 1. The van der Waals surface area contributed by atoms with Gasteiger partial charge >= 0.3 is 0 Å². The van der Waals surface area contributed by atoms with Crippen molar-refractivity contribution in [2.75, 3.05) is 12.4 Å². The number of nitrogens with one attached hydrogen (secondary N) is 1. The number of ether oxygens (including phenoxy) is 1. The number of anilines is 1. The van der Waals surface area contributed by atoms with E-state index in [0.717, 1.165) is 0 Å². The second kappa shape index (κ2) is 5.31. The lowest BCUT2D eigenvalue weighted by Gasteiger charge is -2.10. The number of hydrogen-bond acceptors (Lipinski definition) is 2. The Morgan fingerprint density at radius 1 is 1.11 bits per heavy atom. The molecule has 0 aliphatic carbocycles. The topological polar surface area (TPSA) is 38.3 Å². The van der Waals surface area contributed by atoms with Gasteiger partial charge in [-0.2, -0.15) is 0 Å². The maximum absolute atomic E-state index is 13.4. The van der Waals surface area contributed by atoms with Gasteiger partial charge in [-0.05, 0) is 24.3 Å². The molecule has 0 aliphatic heterocycles. The van der Waals surface area contributed by atoms with E-state index in [1.807, 2.05) is 0 Å². The number of carbonyl (C=O) groups is 1. The first-order valence-corrected chi connectivity index (χ1v) is 5.41. The standard InChI is InChI=1S/C14H12FNO2/c1-18-13-9-5-4-8-12(13)16-14(17)10-6-2-3-7-11(10)15/h2-9H,1H3,(H,16,17). The fourth-order valence-electron chi connectivity index (χ4n) is 1.58. The lowest BCUT2D eigenvalue weighted by atomic mass is 10.2. The van der Waals surface area contributed by atoms with E-state index in [0.29, 0.717) is 11.4 Å². The van der Waals surface area contributed by atoms with Crippen molar-refractivity contribution in [3.05, 3.63) is 59.9 Å². The molecule has 2 aromatic rings. The SMILES string of the molecule is COc1ccccc1NC(=O)c1ccccc1F. The van der Waals surface area contributed by atoms with E-state index in [9.17, 15) is 9.18 Å². The molecule has 0 aromatic heterocycles. The van der Waals surface area contributed by atoms with Gasteiger partial charge in [-0.25, -0.2) is 4.39 Å². The maximum atomic E-state index is 13.4. The fourth-order valence-corrected chi connectivity index (χ4v) is 1.58. The summed E-state index contributed by atoms with van der Waals surface area (Å²) in [5, 5.41) is 2.61. The van der Waals surface area contributed by atoms with Crippen LogP contribution in [0.25, 0.3) is 0 Å². The molecule has 1 N–H and O–H groups in total. The molecule has 0 spiro atoms. The summed E-state index contributed by atoms with van der Waals surface area (Å²) in [5.74, 6) is -0.523. The number of benzene rings is 2. The lowest BCUT2D eigenvalue weighted by molar-refractivity contribution is 0.102. The molecule has 0 saturated carbocycles. The van der Waals surface area contributed by atoms with Crippen molar-refractivity contribution >= 4 is 11.6 Å². The van der Waals surface area contributed by atoms with Crippen LogP contribution in [0.5, 0.6) is 5.75 Å². The molecule has 0 unspecified atom stereocenters. The lowest BCUT2D eigenvalue weighted by Crippen LogP contribution is -2.14. The number of para-hydroxylation sites is 2. The molecule has 0 radical (unpaired) electrons. The van der Waals surface area contributed by atoms with E-state index in [-0.39, 0.29) is 5.56 Å². The van der Waals surface area contributed by atoms with Crippen LogP contribution in [-0.2, 0) is 0 Å². The number of hydrogen-bond donors (Lipinski definition) is 1. The quantitative estimate of drug-likeness (QED) is 0.902. The Kier molecular flexibility index (Phi) is 3.57. The van der Waals surface area contributed by atoms with Gasteiger partial charge in [0.15, 0.2) is 0 Å². The van der Waals surface area contributed by atoms with Crippen LogP contribution in [0.1, 0.15) is 10.4 Å². The molecule has 18 heavy (non-hydrogen) atoms. The average Bonchev–Trinajstić information content (AvgIpc) is 2.39. The maximum Gasteiger partial charge on any atom is 0.258 e. The number of amides is 1. The molecule has 0 fully saturated rings. The molecule has 1 amide bonds. The molecule has 0 bridgehead atoms. The molecule has 3 nitrogen and oxygen atoms in total. The third-order valence-electron chi connectivity index (χ3n) is 2.47. The third-order valence-corrected chi connectivity index (χ3v) is 2.47. The van der Waals surface area contributed by atoms with Gasteiger partial charge in [0.25, 0.3) is 5.91 Å². The first kappa shape index (κ1) is 12.1. The van der Waals surface area contributed by atoms with Crippen molar-refractivity contribution < 1.29 is 13.9 Å². The highest BCUT2D eigenvalue weighted by Crippen LogP contribution is 2.23. The van der Waals surface area contributed by atoms with E-state index in [1.54, 1.807) is 30.3 Å². The minimum absolute atomic E-state index is 0.00315. The highest BCUT2D eigenvalue weighted by molar-refractivity contribution is 6.05. The Labute approximate surface area is 104 Å². The fraction of sp³-hybridized carbons (Fsp3) is 0.0714. The molecule has 2 aromatic carbocycles. The van der Waals surface area contributed by atoms with Crippen molar-refractivity contribution in [3.63, 3.8) is 0 Å². The second-order valence-corrected chi connectivity index (χ2v) is 3.63. The van der Waals surface area contributed by atoms with Crippen molar-refractivity contribution in [1.29, 1.82) is 0 Å². The van der Waals surface area contributed by atoms with E-state index in [4.69, 9.17) is 4.74 Å². The first-order valence-electron chi connectivity index (χ1n) is 5.41. The van der Waals surface area contributed by atoms with Crippen LogP contribution in [0, 0.1) is 5.82 Å². The van der Waals surface area contributed by atoms with Crippen molar-refractivity contribution in [1.82, 2.24) is 0 Å². The summed E-state index contributed by atoms with van der Waals surface area (Å²) < 4.78 is 18.5. The molecule has 0 atom stereocenters. The Balaban J connectivity index is 2.24. The van der Waals surface area contributed by atoms with Crippen LogP contribution in [0.3, 0.4) is 0 Å². The normalized spacial score (nSPS) is 9.89. The van der Waals surface area contributed by atoms with Gasteiger partial charge in [0.1, 0.15) is 11.6 Å². The zero-order chi connectivity index (χ0) is 13.0. The smallest absolute Gasteiger partial charge is 0.258 e. The largest absolute Gasteiger partial charge is 0.495 e. The monoisotopic (exact) mass is 245 g/mol. The van der Waals surface area contributed by atoms with Gasteiger partial charge in [0.05, 0.1) is 18.4 Å². The summed E-state index contributed by atoms with van der Waals surface area (Å²) in [7, 11) is 1.51. The molecule has 0 saturated heterocycles. The Morgan fingerprint density at radius 3 is 2.50 bits per heavy atom. The van der Waals surface area contributed by atoms with Crippen LogP contribution in [0.2, 0.25) is 0 Å². The van der Waals surface area contributed by atoms with Crippen molar-refractivity contribution in [2.45, 2.75) is 0 Å².